The zero-order valence-corrected chi connectivity index (χ0v) is 23.8. The fourth-order valence-corrected chi connectivity index (χ4v) is 5.34. The molecule has 0 bridgehead atoms. The van der Waals surface area contributed by atoms with E-state index in [0.29, 0.717) is 60.3 Å². The highest BCUT2D eigenvalue weighted by Crippen LogP contribution is 2.36. The summed E-state index contributed by atoms with van der Waals surface area (Å²) in [5.41, 5.74) is 8.30. The number of nitrogens with zero attached hydrogens (tertiary/aromatic N) is 4. The molecule has 0 spiro atoms. The number of ether oxygens (including phenoxy) is 2. The predicted octanol–water partition coefficient (Wildman–Crippen LogP) is 3.69. The number of nitrogens with one attached hydrogen (secondary N) is 1. The van der Waals surface area contributed by atoms with Crippen LogP contribution in [0.1, 0.15) is 67.3 Å². The molecule has 11 heteroatoms. The lowest BCUT2D eigenvalue weighted by molar-refractivity contribution is 0.0322. The van der Waals surface area contributed by atoms with E-state index in [0.717, 1.165) is 30.5 Å². The van der Waals surface area contributed by atoms with E-state index in [9.17, 15) is 14.4 Å². The molecule has 1 atom stereocenters. The van der Waals surface area contributed by atoms with Crippen LogP contribution in [0.15, 0.2) is 24.3 Å². The van der Waals surface area contributed by atoms with Gasteiger partial charge in [0.2, 0.25) is 0 Å². The molecule has 0 unspecified atom stereocenters. The third-order valence-electron chi connectivity index (χ3n) is 7.42. The molecule has 1 aliphatic carbocycles. The van der Waals surface area contributed by atoms with Crippen LogP contribution in [0.3, 0.4) is 0 Å². The van der Waals surface area contributed by atoms with Gasteiger partial charge in [-0.15, -0.1) is 0 Å². The standard InChI is InChI=1S/C29H38N6O5/c1-29(2,3)32-28(38)40-19-7-6-12-34(16-19)27(37)18-13-20-24(23(14-18)39-5)33(4)26(31-20)22-11-10-21(25(30)36)35(22)15-17-8-9-17/h10-11,13-14,17,19H,6-9,12,15-16H2,1-5H3,(H2,30,36)(H,32,38)/t19-/m1/s1. The van der Waals surface area contributed by atoms with Gasteiger partial charge in [0.15, 0.2) is 5.82 Å². The van der Waals surface area contributed by atoms with E-state index in [2.05, 4.69) is 5.32 Å². The van der Waals surface area contributed by atoms with E-state index < -0.39 is 17.5 Å². The van der Waals surface area contributed by atoms with Gasteiger partial charge in [-0.05, 0) is 76.6 Å². The van der Waals surface area contributed by atoms with Crippen molar-refractivity contribution in [2.75, 3.05) is 20.2 Å². The summed E-state index contributed by atoms with van der Waals surface area (Å²) in [7, 11) is 3.46. The van der Waals surface area contributed by atoms with Crippen molar-refractivity contribution in [3.05, 3.63) is 35.5 Å². The maximum absolute atomic E-state index is 13.6. The molecular weight excluding hydrogens is 512 g/mol. The summed E-state index contributed by atoms with van der Waals surface area (Å²) in [4.78, 5) is 44.6. The number of fused-ring (bicyclic) bond motifs is 1. The highest BCUT2D eigenvalue weighted by atomic mass is 16.6. The zero-order valence-electron chi connectivity index (χ0n) is 23.8. The molecular formula is C29H38N6O5. The van der Waals surface area contributed by atoms with Crippen LogP contribution in [-0.2, 0) is 18.3 Å². The minimum absolute atomic E-state index is 0.176. The number of methoxy groups -OCH3 is 1. The fourth-order valence-electron chi connectivity index (χ4n) is 5.34. The minimum Gasteiger partial charge on any atom is -0.494 e. The molecule has 1 saturated carbocycles. The number of hydrogen-bond donors (Lipinski definition) is 2. The summed E-state index contributed by atoms with van der Waals surface area (Å²) in [6.07, 6.45) is 2.81. The molecule has 3 aromatic rings. The van der Waals surface area contributed by atoms with E-state index in [1.165, 1.54) is 0 Å². The molecule has 5 rings (SSSR count). The molecule has 0 radical (unpaired) electrons. The SMILES string of the molecule is COc1cc(C(=O)N2CCC[C@@H](OC(=O)NC(C)(C)C)C2)cc2nc(-c3ccc(C(N)=O)n3CC3CC3)n(C)c12. The number of aryl methyl sites for hydroxylation is 1. The number of amides is 3. The summed E-state index contributed by atoms with van der Waals surface area (Å²) in [6.45, 7) is 7.25. The van der Waals surface area contributed by atoms with Gasteiger partial charge in [-0.25, -0.2) is 9.78 Å². The van der Waals surface area contributed by atoms with Crippen LogP contribution in [0, 0.1) is 5.92 Å². The Hall–Kier alpha value is -4.02. The van der Waals surface area contributed by atoms with Gasteiger partial charge in [0, 0.05) is 31.2 Å². The summed E-state index contributed by atoms with van der Waals surface area (Å²) in [5.74, 6) is 1.05. The van der Waals surface area contributed by atoms with Crippen molar-refractivity contribution in [3.8, 4) is 17.3 Å². The van der Waals surface area contributed by atoms with Crippen LogP contribution in [0.25, 0.3) is 22.6 Å². The number of carbonyl (C=O) groups excluding carboxylic acids is 3. The molecule has 214 valence electrons. The first-order valence-corrected chi connectivity index (χ1v) is 13.8. The lowest BCUT2D eigenvalue weighted by atomic mass is 10.1. The number of nitrogens with two attached hydrogens (primary N) is 1. The maximum Gasteiger partial charge on any atom is 0.407 e. The quantitative estimate of drug-likeness (QED) is 0.461. The Bertz CT molecular complexity index is 1460. The monoisotopic (exact) mass is 550 g/mol. The lowest BCUT2D eigenvalue weighted by Gasteiger charge is -2.33. The van der Waals surface area contributed by atoms with Crippen LogP contribution in [0.5, 0.6) is 5.75 Å². The van der Waals surface area contributed by atoms with Gasteiger partial charge in [0.05, 0.1) is 24.9 Å². The number of likely N-dealkylation sites (tertiary alicyclic amines) is 1. The summed E-state index contributed by atoms with van der Waals surface area (Å²) < 4.78 is 15.2. The second kappa shape index (κ2) is 10.5. The first kappa shape index (κ1) is 27.5. The van der Waals surface area contributed by atoms with Gasteiger partial charge in [-0.3, -0.25) is 9.59 Å². The van der Waals surface area contributed by atoms with Gasteiger partial charge in [-0.2, -0.15) is 0 Å². The Balaban J connectivity index is 1.43. The number of carbonyl (C=O) groups is 3. The topological polar surface area (TPSA) is 134 Å². The lowest BCUT2D eigenvalue weighted by Crippen LogP contribution is -2.47. The third-order valence-corrected chi connectivity index (χ3v) is 7.42. The molecule has 3 amide bonds. The fraction of sp³-hybridized carbons (Fsp3) is 0.517. The van der Waals surface area contributed by atoms with Crippen molar-refractivity contribution in [2.45, 2.75) is 64.6 Å². The van der Waals surface area contributed by atoms with E-state index in [1.54, 1.807) is 30.2 Å². The number of rotatable bonds is 7. The Morgan fingerprint density at radius 2 is 1.90 bits per heavy atom. The molecule has 3 N–H and O–H groups in total. The Morgan fingerprint density at radius 1 is 1.15 bits per heavy atom. The van der Waals surface area contributed by atoms with Crippen molar-refractivity contribution < 1.29 is 23.9 Å². The minimum atomic E-state index is -0.484. The second-order valence-corrected chi connectivity index (χ2v) is 11.9. The van der Waals surface area contributed by atoms with Crippen molar-refractivity contribution in [3.63, 3.8) is 0 Å². The average Bonchev–Trinajstić information content (AvgIpc) is 3.51. The smallest absolute Gasteiger partial charge is 0.407 e. The Labute approximate surface area is 233 Å². The zero-order chi connectivity index (χ0) is 28.8. The van der Waals surface area contributed by atoms with Crippen molar-refractivity contribution >= 4 is 28.9 Å². The predicted molar refractivity (Wildman–Crippen MR) is 150 cm³/mol. The second-order valence-electron chi connectivity index (χ2n) is 11.9. The van der Waals surface area contributed by atoms with Crippen LogP contribution >= 0.6 is 0 Å². The molecule has 40 heavy (non-hydrogen) atoms. The number of benzene rings is 1. The number of imidazole rings is 1. The van der Waals surface area contributed by atoms with E-state index in [1.807, 2.05) is 43.0 Å². The molecule has 1 aromatic carbocycles. The van der Waals surface area contributed by atoms with Crippen LogP contribution in [0.4, 0.5) is 4.79 Å². The number of alkyl carbamates (subject to hydrolysis) is 1. The molecule has 2 aliphatic rings. The van der Waals surface area contributed by atoms with E-state index in [4.69, 9.17) is 20.2 Å². The van der Waals surface area contributed by atoms with Crippen molar-refractivity contribution in [1.82, 2.24) is 24.3 Å². The molecule has 1 aliphatic heterocycles. The first-order valence-electron chi connectivity index (χ1n) is 13.8. The van der Waals surface area contributed by atoms with Gasteiger partial charge in [-0.1, -0.05) is 0 Å². The van der Waals surface area contributed by atoms with E-state index in [-0.39, 0.29) is 12.0 Å². The Kier molecular flexibility index (Phi) is 7.24. The number of aromatic nitrogens is 3. The van der Waals surface area contributed by atoms with Gasteiger partial charge < -0.3 is 34.6 Å². The molecule has 11 nitrogen and oxygen atoms in total. The number of hydrogen-bond acceptors (Lipinski definition) is 6. The highest BCUT2D eigenvalue weighted by Gasteiger charge is 2.30. The summed E-state index contributed by atoms with van der Waals surface area (Å²) in [6, 6.07) is 7.10. The van der Waals surface area contributed by atoms with Crippen molar-refractivity contribution in [2.24, 2.45) is 18.7 Å². The molecule has 1 saturated heterocycles. The third kappa shape index (κ3) is 5.64. The molecule has 2 fully saturated rings. The first-order chi connectivity index (χ1) is 18.9. The Morgan fingerprint density at radius 3 is 2.55 bits per heavy atom. The summed E-state index contributed by atoms with van der Waals surface area (Å²) in [5, 5.41) is 2.80. The molecule has 3 heterocycles. The van der Waals surface area contributed by atoms with Gasteiger partial charge in [0.25, 0.3) is 11.8 Å². The van der Waals surface area contributed by atoms with Crippen LogP contribution in [0.2, 0.25) is 0 Å². The van der Waals surface area contributed by atoms with Gasteiger partial charge >= 0.3 is 6.09 Å². The summed E-state index contributed by atoms with van der Waals surface area (Å²) >= 11 is 0. The molecule has 2 aromatic heterocycles. The normalized spacial score (nSPS) is 17.6. The largest absolute Gasteiger partial charge is 0.494 e. The van der Waals surface area contributed by atoms with Crippen LogP contribution < -0.4 is 15.8 Å². The van der Waals surface area contributed by atoms with Gasteiger partial charge in [0.1, 0.15) is 23.1 Å². The number of piperidine rings is 1. The maximum atomic E-state index is 13.6. The average molecular weight is 551 g/mol. The number of primary amides is 1. The van der Waals surface area contributed by atoms with E-state index >= 15 is 0 Å². The highest BCUT2D eigenvalue weighted by molar-refractivity contribution is 6.00. The van der Waals surface area contributed by atoms with Crippen molar-refractivity contribution in [1.29, 1.82) is 0 Å². The van der Waals surface area contributed by atoms with Crippen LogP contribution in [-0.4, -0.2) is 68.8 Å².